The fourth-order valence-corrected chi connectivity index (χ4v) is 7.09. The lowest BCUT2D eigenvalue weighted by molar-refractivity contribution is -0.139. The molecule has 3 amide bonds. The zero-order valence-corrected chi connectivity index (χ0v) is 26.5. The molecule has 44 heavy (non-hydrogen) atoms. The van der Waals surface area contributed by atoms with Gasteiger partial charge in [0.1, 0.15) is 5.60 Å². The van der Waals surface area contributed by atoms with E-state index in [-0.39, 0.29) is 30.4 Å². The van der Waals surface area contributed by atoms with Crippen LogP contribution in [-0.4, -0.2) is 83.6 Å². The molecule has 1 aliphatic heterocycles. The average molecular weight is 663 g/mol. The number of amides is 3. The number of carbonyl (C=O) groups excluding carboxylic acids is 2. The van der Waals surface area contributed by atoms with Gasteiger partial charge in [-0.2, -0.15) is 13.2 Å². The standard InChI is InChI=1S/C28H37F3N4O7S2/c1-27(2,3)42-26(37)35-17-13-20(14-18-35)33-25(36)34(4)16-8-15-32-44(40,41)24-19-22(11-12-23(24)28(29,30)31)43(38,39)21-9-6-5-7-10-21/h5-7,9-12,19-20,32H,8,13-18H2,1-4H3,(H,33,36). The van der Waals surface area contributed by atoms with Crippen LogP contribution in [0.4, 0.5) is 22.8 Å². The van der Waals surface area contributed by atoms with Gasteiger partial charge in [-0.05, 0) is 70.4 Å². The minimum absolute atomic E-state index is 0.0591. The van der Waals surface area contributed by atoms with Gasteiger partial charge in [-0.15, -0.1) is 0 Å². The molecule has 2 N–H and O–H groups in total. The number of nitrogens with one attached hydrogen (secondary N) is 2. The Morgan fingerprint density at radius 3 is 2.16 bits per heavy atom. The number of ether oxygens (including phenoxy) is 1. The summed E-state index contributed by atoms with van der Waals surface area (Å²) in [6, 6.07) is 7.96. The second kappa shape index (κ2) is 13.7. The van der Waals surface area contributed by atoms with Crippen LogP contribution in [-0.2, 0) is 30.8 Å². The van der Waals surface area contributed by atoms with E-state index in [9.17, 15) is 39.6 Å². The van der Waals surface area contributed by atoms with Crippen LogP contribution in [0.1, 0.15) is 45.6 Å². The predicted molar refractivity (Wildman–Crippen MR) is 155 cm³/mol. The topological polar surface area (TPSA) is 142 Å². The van der Waals surface area contributed by atoms with Crippen LogP contribution >= 0.6 is 0 Å². The molecule has 0 aliphatic carbocycles. The Balaban J connectivity index is 1.58. The molecule has 1 heterocycles. The van der Waals surface area contributed by atoms with Crippen LogP contribution < -0.4 is 10.0 Å². The predicted octanol–water partition coefficient (Wildman–Crippen LogP) is 4.25. The molecule has 2 aromatic carbocycles. The molecule has 16 heteroatoms. The average Bonchev–Trinajstić information content (AvgIpc) is 2.94. The van der Waals surface area contributed by atoms with Crippen molar-refractivity contribution in [2.45, 2.75) is 72.5 Å². The molecular weight excluding hydrogens is 625 g/mol. The Morgan fingerprint density at radius 1 is 0.977 bits per heavy atom. The van der Waals surface area contributed by atoms with Gasteiger partial charge in [-0.3, -0.25) is 0 Å². The van der Waals surface area contributed by atoms with Crippen LogP contribution in [0, 0.1) is 0 Å². The molecule has 0 radical (unpaired) electrons. The molecule has 0 unspecified atom stereocenters. The summed E-state index contributed by atoms with van der Waals surface area (Å²) in [4.78, 5) is 25.7. The minimum Gasteiger partial charge on any atom is -0.444 e. The first-order valence-electron chi connectivity index (χ1n) is 13.8. The molecule has 1 saturated heterocycles. The monoisotopic (exact) mass is 662 g/mol. The molecule has 1 fully saturated rings. The summed E-state index contributed by atoms with van der Waals surface area (Å²) >= 11 is 0. The van der Waals surface area contributed by atoms with Gasteiger partial charge in [-0.1, -0.05) is 18.2 Å². The van der Waals surface area contributed by atoms with Crippen LogP contribution in [0.5, 0.6) is 0 Å². The minimum atomic E-state index is -5.07. The first-order chi connectivity index (χ1) is 20.3. The van der Waals surface area contributed by atoms with E-state index in [2.05, 4.69) is 10.0 Å². The number of alkyl halides is 3. The molecule has 0 atom stereocenters. The molecule has 244 valence electrons. The highest BCUT2D eigenvalue weighted by atomic mass is 32.2. The van der Waals surface area contributed by atoms with Crippen molar-refractivity contribution < 1.29 is 44.3 Å². The second-order valence-corrected chi connectivity index (χ2v) is 15.0. The van der Waals surface area contributed by atoms with Gasteiger partial charge in [-0.25, -0.2) is 31.1 Å². The maximum absolute atomic E-state index is 13.7. The zero-order chi connectivity index (χ0) is 32.9. The van der Waals surface area contributed by atoms with Crippen molar-refractivity contribution in [2.75, 3.05) is 33.2 Å². The third-order valence-corrected chi connectivity index (χ3v) is 9.96. The van der Waals surface area contributed by atoms with Crippen LogP contribution in [0.25, 0.3) is 0 Å². The van der Waals surface area contributed by atoms with Gasteiger partial charge in [0.15, 0.2) is 0 Å². The van der Waals surface area contributed by atoms with Crippen LogP contribution in [0.2, 0.25) is 0 Å². The van der Waals surface area contributed by atoms with Crippen molar-refractivity contribution >= 4 is 32.0 Å². The van der Waals surface area contributed by atoms with E-state index < -0.39 is 59.1 Å². The number of nitrogens with zero attached hydrogens (tertiary/aromatic N) is 2. The summed E-state index contributed by atoms with van der Waals surface area (Å²) in [6.07, 6.45) is -4.41. The summed E-state index contributed by atoms with van der Waals surface area (Å²) in [5.41, 5.74) is -2.13. The highest BCUT2D eigenvalue weighted by molar-refractivity contribution is 7.91. The molecule has 0 spiro atoms. The lowest BCUT2D eigenvalue weighted by atomic mass is 10.1. The van der Waals surface area contributed by atoms with Crippen LogP contribution in [0.3, 0.4) is 0 Å². The number of sulfonamides is 1. The molecule has 2 aromatic rings. The molecule has 11 nitrogen and oxygen atoms in total. The first-order valence-corrected chi connectivity index (χ1v) is 16.8. The number of sulfone groups is 1. The number of carbonyl (C=O) groups is 2. The quantitative estimate of drug-likeness (QED) is 0.383. The van der Waals surface area contributed by atoms with Gasteiger partial charge in [0.2, 0.25) is 19.9 Å². The number of likely N-dealkylation sites (tertiary alicyclic amines) is 1. The first kappa shape index (κ1) is 35.1. The summed E-state index contributed by atoms with van der Waals surface area (Å²) in [5.74, 6) is 0. The number of hydrogen-bond donors (Lipinski definition) is 2. The number of halogens is 3. The molecule has 3 rings (SSSR count). The largest absolute Gasteiger partial charge is 0.444 e. The molecule has 1 aliphatic rings. The number of urea groups is 1. The van der Waals surface area contributed by atoms with E-state index in [1.54, 1.807) is 31.7 Å². The number of hydrogen-bond acceptors (Lipinski definition) is 7. The summed E-state index contributed by atoms with van der Waals surface area (Å²) < 4.78 is 100. The molecule has 0 aromatic heterocycles. The Morgan fingerprint density at radius 2 is 1.59 bits per heavy atom. The van der Waals surface area contributed by atoms with Gasteiger partial charge < -0.3 is 19.9 Å². The van der Waals surface area contributed by atoms with E-state index in [4.69, 9.17) is 4.74 Å². The normalized spacial score (nSPS) is 15.1. The summed E-state index contributed by atoms with van der Waals surface area (Å²) in [5, 5.41) is 2.85. The van der Waals surface area contributed by atoms with Crippen molar-refractivity contribution in [2.24, 2.45) is 0 Å². The van der Waals surface area contributed by atoms with Gasteiger partial charge in [0.25, 0.3) is 0 Å². The third-order valence-electron chi connectivity index (χ3n) is 6.70. The van der Waals surface area contributed by atoms with E-state index in [0.717, 1.165) is 6.07 Å². The maximum Gasteiger partial charge on any atom is 0.417 e. The van der Waals surface area contributed by atoms with E-state index in [1.807, 2.05) is 0 Å². The Bertz CT molecular complexity index is 1540. The summed E-state index contributed by atoms with van der Waals surface area (Å²) in [6.45, 7) is 5.88. The highest BCUT2D eigenvalue weighted by Gasteiger charge is 2.38. The number of piperidine rings is 1. The zero-order valence-electron chi connectivity index (χ0n) is 24.8. The van der Waals surface area contributed by atoms with Gasteiger partial charge in [0.05, 0.1) is 20.2 Å². The third kappa shape index (κ3) is 9.32. The Hall–Kier alpha value is -3.37. The highest BCUT2D eigenvalue weighted by Crippen LogP contribution is 2.36. The number of rotatable bonds is 9. The summed E-state index contributed by atoms with van der Waals surface area (Å²) in [7, 11) is -7.61. The Labute approximate surface area is 255 Å². The lowest BCUT2D eigenvalue weighted by Gasteiger charge is -2.34. The number of benzene rings is 2. The fraction of sp³-hybridized carbons (Fsp3) is 0.500. The van der Waals surface area contributed by atoms with Crippen molar-refractivity contribution in [3.63, 3.8) is 0 Å². The SMILES string of the molecule is CN(CCCNS(=O)(=O)c1cc(S(=O)(=O)c2ccccc2)ccc1C(F)(F)F)C(=O)NC1CCN(C(=O)OC(C)(C)C)CC1. The Kier molecular flexibility index (Phi) is 11.0. The second-order valence-electron chi connectivity index (χ2n) is 11.3. The van der Waals surface area contributed by atoms with Crippen molar-refractivity contribution in [1.82, 2.24) is 19.8 Å². The van der Waals surface area contributed by atoms with Crippen LogP contribution in [0.15, 0.2) is 63.2 Å². The van der Waals surface area contributed by atoms with E-state index in [1.165, 1.54) is 36.2 Å². The van der Waals surface area contributed by atoms with Gasteiger partial charge >= 0.3 is 18.3 Å². The molecule has 0 bridgehead atoms. The van der Waals surface area contributed by atoms with Gasteiger partial charge in [0, 0.05) is 39.3 Å². The maximum atomic E-state index is 13.7. The fourth-order valence-electron chi connectivity index (χ4n) is 4.38. The smallest absolute Gasteiger partial charge is 0.417 e. The van der Waals surface area contributed by atoms with E-state index in [0.29, 0.717) is 38.1 Å². The van der Waals surface area contributed by atoms with Crippen molar-refractivity contribution in [1.29, 1.82) is 0 Å². The van der Waals surface area contributed by atoms with E-state index >= 15 is 0 Å². The van der Waals surface area contributed by atoms with Crippen molar-refractivity contribution in [3.05, 3.63) is 54.1 Å². The molecule has 0 saturated carbocycles. The van der Waals surface area contributed by atoms with Crippen molar-refractivity contribution in [3.8, 4) is 0 Å². The molecular formula is C28H37F3N4O7S2. The lowest BCUT2D eigenvalue weighted by Crippen LogP contribution is -2.50.